The van der Waals surface area contributed by atoms with Gasteiger partial charge in [0.05, 0.1) is 6.20 Å². The third-order valence-corrected chi connectivity index (χ3v) is 1.74. The lowest BCUT2D eigenvalue weighted by atomic mass is 10.5. The number of likely N-dealkylation sites (N-methyl/N-ethyl adjacent to an activating group) is 1. The first-order chi connectivity index (χ1) is 8.06. The predicted octanol–water partition coefficient (Wildman–Crippen LogP) is -0.717. The molecular formula is C9H20N4O4. The van der Waals surface area contributed by atoms with Crippen molar-refractivity contribution in [2.45, 2.75) is 0 Å². The summed E-state index contributed by atoms with van der Waals surface area (Å²) in [7, 11) is 3.86. The molecule has 0 aromatic carbocycles. The summed E-state index contributed by atoms with van der Waals surface area (Å²) in [6, 6.07) is 0. The molecule has 0 fully saturated rings. The van der Waals surface area contributed by atoms with Gasteiger partial charge in [-0.3, -0.25) is 0 Å². The van der Waals surface area contributed by atoms with E-state index in [9.17, 15) is 4.79 Å². The Bertz CT molecular complexity index is 245. The van der Waals surface area contributed by atoms with Crippen LogP contribution in [0.4, 0.5) is 4.79 Å². The van der Waals surface area contributed by atoms with Gasteiger partial charge in [0, 0.05) is 26.2 Å². The zero-order valence-electron chi connectivity index (χ0n) is 10.1. The van der Waals surface area contributed by atoms with Crippen molar-refractivity contribution < 1.29 is 20.0 Å². The van der Waals surface area contributed by atoms with E-state index >= 15 is 0 Å². The Kier molecular flexibility index (Phi) is 8.61. The SMILES string of the molecule is CN(C)CCNC(=CNCCNC(=O)O)OO. The van der Waals surface area contributed by atoms with Crippen molar-refractivity contribution in [1.82, 2.24) is 20.9 Å². The second kappa shape index (κ2) is 9.55. The quantitative estimate of drug-likeness (QED) is 0.159. The fraction of sp³-hybridized carbons (Fsp3) is 0.667. The maximum absolute atomic E-state index is 10.1. The number of nitrogens with one attached hydrogen (secondary N) is 3. The van der Waals surface area contributed by atoms with Crippen LogP contribution >= 0.6 is 0 Å². The van der Waals surface area contributed by atoms with Gasteiger partial charge in [0.25, 0.3) is 0 Å². The van der Waals surface area contributed by atoms with E-state index in [4.69, 9.17) is 10.4 Å². The van der Waals surface area contributed by atoms with Crippen LogP contribution in [0.2, 0.25) is 0 Å². The fourth-order valence-corrected chi connectivity index (χ4v) is 0.919. The molecule has 0 heterocycles. The van der Waals surface area contributed by atoms with Gasteiger partial charge in [0.15, 0.2) is 0 Å². The lowest BCUT2D eigenvalue weighted by molar-refractivity contribution is -0.209. The van der Waals surface area contributed by atoms with Gasteiger partial charge in [0.2, 0.25) is 5.88 Å². The molecule has 0 unspecified atom stereocenters. The molecule has 0 aliphatic rings. The standard InChI is InChI=1S/C9H20N4O4/c1-13(2)6-5-11-8(17-16)7-10-3-4-12-9(14)15/h7,10-12,16H,3-6H2,1-2H3,(H,14,15). The van der Waals surface area contributed by atoms with Gasteiger partial charge in [0.1, 0.15) is 0 Å². The van der Waals surface area contributed by atoms with Crippen LogP contribution in [0.5, 0.6) is 0 Å². The topological polar surface area (TPSA) is 106 Å². The molecule has 8 nitrogen and oxygen atoms in total. The third-order valence-electron chi connectivity index (χ3n) is 1.74. The molecule has 0 saturated carbocycles. The Hall–Kier alpha value is -1.67. The zero-order valence-corrected chi connectivity index (χ0v) is 10.1. The third kappa shape index (κ3) is 10.6. The Balaban J connectivity index is 3.65. The molecule has 8 heteroatoms. The highest BCUT2D eigenvalue weighted by Crippen LogP contribution is 1.86. The van der Waals surface area contributed by atoms with E-state index in [-0.39, 0.29) is 12.4 Å². The van der Waals surface area contributed by atoms with Crippen molar-refractivity contribution in [2.75, 3.05) is 40.3 Å². The van der Waals surface area contributed by atoms with Crippen molar-refractivity contribution in [3.8, 4) is 0 Å². The molecule has 0 atom stereocenters. The number of nitrogens with zero attached hydrogens (tertiary/aromatic N) is 1. The zero-order chi connectivity index (χ0) is 13.1. The summed E-state index contributed by atoms with van der Waals surface area (Å²) in [5, 5.41) is 24.7. The molecule has 0 bridgehead atoms. The summed E-state index contributed by atoms with van der Waals surface area (Å²) >= 11 is 0. The van der Waals surface area contributed by atoms with Gasteiger partial charge in [-0.1, -0.05) is 0 Å². The molecule has 1 amide bonds. The van der Waals surface area contributed by atoms with Crippen LogP contribution in [0.3, 0.4) is 0 Å². The summed E-state index contributed by atoms with van der Waals surface area (Å²) in [4.78, 5) is 16.2. The highest BCUT2D eigenvalue weighted by Gasteiger charge is 1.97. The summed E-state index contributed by atoms with van der Waals surface area (Å²) < 4.78 is 0. The number of rotatable bonds is 9. The monoisotopic (exact) mass is 248 g/mol. The molecule has 5 N–H and O–H groups in total. The summed E-state index contributed by atoms with van der Waals surface area (Å²) in [5.41, 5.74) is 0. The highest BCUT2D eigenvalue weighted by atomic mass is 17.1. The minimum atomic E-state index is -1.07. The molecule has 0 rings (SSSR count). The second-order valence-electron chi connectivity index (χ2n) is 3.52. The first kappa shape index (κ1) is 15.3. The molecule has 0 aliphatic heterocycles. The minimum absolute atomic E-state index is 0.183. The van der Waals surface area contributed by atoms with Crippen LogP contribution in [-0.2, 0) is 4.89 Å². The van der Waals surface area contributed by atoms with Crippen molar-refractivity contribution in [1.29, 1.82) is 0 Å². The van der Waals surface area contributed by atoms with Gasteiger partial charge in [-0.15, -0.1) is 0 Å². The first-order valence-electron chi connectivity index (χ1n) is 5.16. The van der Waals surface area contributed by atoms with Crippen LogP contribution in [0, 0.1) is 0 Å². The molecule has 100 valence electrons. The number of carbonyl (C=O) groups is 1. The van der Waals surface area contributed by atoms with E-state index in [0.717, 1.165) is 6.54 Å². The molecule has 17 heavy (non-hydrogen) atoms. The van der Waals surface area contributed by atoms with Crippen LogP contribution in [0.25, 0.3) is 0 Å². The molecule has 0 radical (unpaired) electrons. The first-order valence-corrected chi connectivity index (χ1v) is 5.16. The van der Waals surface area contributed by atoms with Gasteiger partial charge < -0.3 is 30.8 Å². The average Bonchev–Trinajstić information content (AvgIpc) is 2.25. The smallest absolute Gasteiger partial charge is 0.404 e. The van der Waals surface area contributed by atoms with Crippen molar-refractivity contribution in [2.24, 2.45) is 0 Å². The Morgan fingerprint density at radius 2 is 2.00 bits per heavy atom. The van der Waals surface area contributed by atoms with Gasteiger partial charge >= 0.3 is 6.09 Å². The Morgan fingerprint density at radius 1 is 1.29 bits per heavy atom. The van der Waals surface area contributed by atoms with E-state index < -0.39 is 6.09 Å². The fourth-order valence-electron chi connectivity index (χ4n) is 0.919. The molecule has 0 aliphatic carbocycles. The van der Waals surface area contributed by atoms with Crippen LogP contribution in [0.1, 0.15) is 0 Å². The van der Waals surface area contributed by atoms with Crippen molar-refractivity contribution in [3.63, 3.8) is 0 Å². The van der Waals surface area contributed by atoms with Crippen molar-refractivity contribution in [3.05, 3.63) is 12.1 Å². The second-order valence-corrected chi connectivity index (χ2v) is 3.52. The Labute approximate surface area is 100 Å². The molecule has 0 aromatic rings. The largest absolute Gasteiger partial charge is 0.465 e. The summed E-state index contributed by atoms with van der Waals surface area (Å²) in [6.45, 7) is 2.08. The molecule has 0 saturated heterocycles. The predicted molar refractivity (Wildman–Crippen MR) is 62.4 cm³/mol. The molecular weight excluding hydrogens is 228 g/mol. The maximum atomic E-state index is 10.1. The summed E-state index contributed by atoms with van der Waals surface area (Å²) in [5.74, 6) is 0.183. The average molecular weight is 248 g/mol. The van der Waals surface area contributed by atoms with E-state index in [2.05, 4.69) is 20.8 Å². The van der Waals surface area contributed by atoms with Crippen molar-refractivity contribution >= 4 is 6.09 Å². The molecule has 0 aromatic heterocycles. The lowest BCUT2D eigenvalue weighted by Crippen LogP contribution is -2.30. The van der Waals surface area contributed by atoms with Crippen LogP contribution < -0.4 is 16.0 Å². The highest BCUT2D eigenvalue weighted by molar-refractivity contribution is 5.64. The maximum Gasteiger partial charge on any atom is 0.404 e. The van der Waals surface area contributed by atoms with Gasteiger partial charge in [-0.05, 0) is 14.1 Å². The van der Waals surface area contributed by atoms with Crippen LogP contribution in [0.15, 0.2) is 12.1 Å². The minimum Gasteiger partial charge on any atom is -0.465 e. The molecule has 0 spiro atoms. The van der Waals surface area contributed by atoms with Gasteiger partial charge in [-0.25, -0.2) is 10.1 Å². The van der Waals surface area contributed by atoms with Crippen LogP contribution in [-0.4, -0.2) is 61.6 Å². The normalized spacial score (nSPS) is 11.2. The number of hydrogen-bond donors (Lipinski definition) is 5. The number of amides is 1. The summed E-state index contributed by atoms with van der Waals surface area (Å²) in [6.07, 6.45) is 0.359. The van der Waals surface area contributed by atoms with E-state index in [1.54, 1.807) is 0 Å². The van der Waals surface area contributed by atoms with Gasteiger partial charge in [-0.2, -0.15) is 0 Å². The van der Waals surface area contributed by atoms with E-state index in [0.29, 0.717) is 13.1 Å². The number of hydrogen-bond acceptors (Lipinski definition) is 6. The Morgan fingerprint density at radius 3 is 2.53 bits per heavy atom. The van der Waals surface area contributed by atoms with E-state index in [1.165, 1.54) is 6.20 Å². The lowest BCUT2D eigenvalue weighted by Gasteiger charge is -2.12. The van der Waals surface area contributed by atoms with E-state index in [1.807, 2.05) is 19.0 Å². The number of carboxylic acid groups (broad SMARTS) is 1.